The molecule has 6 heteroatoms. The molecule has 1 aliphatic heterocycles. The van der Waals surface area contributed by atoms with E-state index in [2.05, 4.69) is 58.3 Å². The summed E-state index contributed by atoms with van der Waals surface area (Å²) >= 11 is 0. The van der Waals surface area contributed by atoms with Gasteiger partial charge in [-0.1, -0.05) is 30.3 Å². The first kappa shape index (κ1) is 18.6. The maximum atomic E-state index is 12.8. The van der Waals surface area contributed by atoms with E-state index in [1.165, 1.54) is 5.56 Å². The van der Waals surface area contributed by atoms with Crippen molar-refractivity contribution in [3.8, 4) is 0 Å². The molecule has 3 aromatic rings. The van der Waals surface area contributed by atoms with Crippen molar-refractivity contribution in [2.75, 3.05) is 6.54 Å². The van der Waals surface area contributed by atoms with E-state index in [9.17, 15) is 4.79 Å². The molecule has 1 saturated heterocycles. The quantitative estimate of drug-likeness (QED) is 0.743. The lowest BCUT2D eigenvalue weighted by molar-refractivity contribution is -0.124. The van der Waals surface area contributed by atoms with Gasteiger partial charge in [0.15, 0.2) is 5.65 Å². The standard InChI is InChI=1S/C22H27N5O/c1-22(2)12-17(15-27(22)14-16-8-5-4-6-9-16)21(28)24-13-19-25-18-10-7-11-23-20(18)26(19)3/h4-11,17H,12-15H2,1-3H3,(H,24,28). The number of carbonyl (C=O) groups is 1. The fraction of sp³-hybridized carbons (Fsp3) is 0.409. The summed E-state index contributed by atoms with van der Waals surface area (Å²) < 4.78 is 1.94. The molecule has 1 aromatic carbocycles. The van der Waals surface area contributed by atoms with Crippen LogP contribution in [0.15, 0.2) is 48.7 Å². The molecule has 1 unspecified atom stereocenters. The van der Waals surface area contributed by atoms with Crippen LogP contribution in [-0.2, 0) is 24.9 Å². The predicted molar refractivity (Wildman–Crippen MR) is 109 cm³/mol. The molecule has 0 spiro atoms. The number of rotatable bonds is 5. The smallest absolute Gasteiger partial charge is 0.224 e. The Morgan fingerprint density at radius 2 is 2.00 bits per heavy atom. The van der Waals surface area contributed by atoms with Gasteiger partial charge in [0.25, 0.3) is 0 Å². The van der Waals surface area contributed by atoms with Crippen LogP contribution < -0.4 is 5.32 Å². The molecule has 1 aliphatic rings. The topological polar surface area (TPSA) is 63.1 Å². The highest BCUT2D eigenvalue weighted by molar-refractivity contribution is 5.79. The largest absolute Gasteiger partial charge is 0.349 e. The molecule has 6 nitrogen and oxygen atoms in total. The Morgan fingerprint density at radius 3 is 2.75 bits per heavy atom. The second-order valence-electron chi connectivity index (χ2n) is 8.23. The molecule has 3 heterocycles. The van der Waals surface area contributed by atoms with Crippen molar-refractivity contribution >= 4 is 17.1 Å². The summed E-state index contributed by atoms with van der Waals surface area (Å²) in [6, 6.07) is 14.3. The van der Waals surface area contributed by atoms with Gasteiger partial charge in [-0.2, -0.15) is 0 Å². The minimum absolute atomic E-state index is 0.000325. The number of carbonyl (C=O) groups excluding carboxylic acids is 1. The normalized spacial score (nSPS) is 19.2. The lowest BCUT2D eigenvalue weighted by Crippen LogP contribution is -2.37. The van der Waals surface area contributed by atoms with E-state index in [4.69, 9.17) is 0 Å². The summed E-state index contributed by atoms with van der Waals surface area (Å²) in [5.41, 5.74) is 2.97. The van der Waals surface area contributed by atoms with Crippen LogP contribution in [0.2, 0.25) is 0 Å². The molecule has 0 radical (unpaired) electrons. The minimum atomic E-state index is -0.00785. The van der Waals surface area contributed by atoms with Gasteiger partial charge in [0.05, 0.1) is 12.5 Å². The highest BCUT2D eigenvalue weighted by atomic mass is 16.1. The maximum Gasteiger partial charge on any atom is 0.224 e. The Balaban J connectivity index is 1.40. The number of aryl methyl sites for hydroxylation is 1. The molecule has 4 rings (SSSR count). The van der Waals surface area contributed by atoms with Crippen molar-refractivity contribution in [3.63, 3.8) is 0 Å². The Hall–Kier alpha value is -2.73. The van der Waals surface area contributed by atoms with Gasteiger partial charge >= 0.3 is 0 Å². The molecule has 1 atom stereocenters. The van der Waals surface area contributed by atoms with Gasteiger partial charge in [-0.3, -0.25) is 9.69 Å². The fourth-order valence-electron chi connectivity index (χ4n) is 4.11. The van der Waals surface area contributed by atoms with Gasteiger partial charge in [-0.05, 0) is 38.0 Å². The number of hydrogen-bond donors (Lipinski definition) is 1. The van der Waals surface area contributed by atoms with Crippen LogP contribution in [0.5, 0.6) is 0 Å². The molecular weight excluding hydrogens is 350 g/mol. The Kier molecular flexibility index (Phi) is 4.89. The molecule has 1 N–H and O–H groups in total. The van der Waals surface area contributed by atoms with Crippen LogP contribution in [0.4, 0.5) is 0 Å². The first-order valence-electron chi connectivity index (χ1n) is 9.77. The van der Waals surface area contributed by atoms with Gasteiger partial charge in [-0.25, -0.2) is 9.97 Å². The van der Waals surface area contributed by atoms with Crippen LogP contribution in [0, 0.1) is 5.92 Å². The molecule has 1 amide bonds. The number of benzene rings is 1. The first-order valence-corrected chi connectivity index (χ1v) is 9.77. The minimum Gasteiger partial charge on any atom is -0.349 e. The van der Waals surface area contributed by atoms with Crippen LogP contribution >= 0.6 is 0 Å². The van der Waals surface area contributed by atoms with E-state index in [-0.39, 0.29) is 17.4 Å². The van der Waals surface area contributed by atoms with Gasteiger partial charge in [0, 0.05) is 31.9 Å². The van der Waals surface area contributed by atoms with E-state index in [0.717, 1.165) is 36.5 Å². The predicted octanol–water partition coefficient (Wildman–Crippen LogP) is 2.89. The lowest BCUT2D eigenvalue weighted by atomic mass is 9.95. The van der Waals surface area contributed by atoms with Crippen molar-refractivity contribution in [2.45, 2.75) is 38.9 Å². The van der Waals surface area contributed by atoms with Crippen LogP contribution in [0.1, 0.15) is 31.7 Å². The second kappa shape index (κ2) is 7.36. The van der Waals surface area contributed by atoms with Crippen molar-refractivity contribution in [3.05, 3.63) is 60.0 Å². The molecule has 0 bridgehead atoms. The van der Waals surface area contributed by atoms with E-state index in [0.29, 0.717) is 6.54 Å². The maximum absolute atomic E-state index is 12.8. The summed E-state index contributed by atoms with van der Waals surface area (Å²) in [5.74, 6) is 0.913. The van der Waals surface area contributed by atoms with Crippen molar-refractivity contribution in [1.82, 2.24) is 24.8 Å². The van der Waals surface area contributed by atoms with Crippen LogP contribution in [0.25, 0.3) is 11.2 Å². The van der Waals surface area contributed by atoms with Gasteiger partial charge in [0.1, 0.15) is 11.3 Å². The summed E-state index contributed by atoms with van der Waals surface area (Å²) in [4.78, 5) is 24.2. The number of likely N-dealkylation sites (tertiary alicyclic amines) is 1. The van der Waals surface area contributed by atoms with E-state index in [1.807, 2.05) is 29.8 Å². The summed E-state index contributed by atoms with van der Waals surface area (Å²) in [5, 5.41) is 3.09. The second-order valence-corrected chi connectivity index (χ2v) is 8.23. The monoisotopic (exact) mass is 377 g/mol. The third-order valence-corrected chi connectivity index (χ3v) is 5.77. The molecule has 146 valence electrons. The SMILES string of the molecule is Cn1c(CNC(=O)C2CN(Cc3ccccc3)C(C)(C)C2)nc2cccnc21. The molecular formula is C22H27N5O. The number of pyridine rings is 1. The van der Waals surface area contributed by atoms with Gasteiger partial charge in [-0.15, -0.1) is 0 Å². The third-order valence-electron chi connectivity index (χ3n) is 5.77. The first-order chi connectivity index (χ1) is 13.4. The zero-order chi connectivity index (χ0) is 19.7. The van der Waals surface area contributed by atoms with Crippen LogP contribution in [0.3, 0.4) is 0 Å². The molecule has 0 aliphatic carbocycles. The lowest BCUT2D eigenvalue weighted by Gasteiger charge is -2.31. The number of aromatic nitrogens is 3. The highest BCUT2D eigenvalue weighted by Crippen LogP contribution is 2.34. The number of amides is 1. The number of fused-ring (bicyclic) bond motifs is 1. The summed E-state index contributed by atoms with van der Waals surface area (Å²) in [7, 11) is 1.93. The summed E-state index contributed by atoms with van der Waals surface area (Å²) in [6.45, 7) is 6.51. The summed E-state index contributed by atoms with van der Waals surface area (Å²) in [6.07, 6.45) is 2.62. The Labute approximate surface area is 165 Å². The van der Waals surface area contributed by atoms with Crippen molar-refractivity contribution < 1.29 is 4.79 Å². The zero-order valence-electron chi connectivity index (χ0n) is 16.7. The average molecular weight is 377 g/mol. The van der Waals surface area contributed by atoms with E-state index >= 15 is 0 Å². The van der Waals surface area contributed by atoms with Gasteiger partial charge in [0.2, 0.25) is 5.91 Å². The number of nitrogens with zero attached hydrogens (tertiary/aromatic N) is 4. The zero-order valence-corrected chi connectivity index (χ0v) is 16.7. The van der Waals surface area contributed by atoms with Gasteiger partial charge < -0.3 is 9.88 Å². The van der Waals surface area contributed by atoms with E-state index in [1.54, 1.807) is 6.20 Å². The van der Waals surface area contributed by atoms with Crippen molar-refractivity contribution in [2.24, 2.45) is 13.0 Å². The van der Waals surface area contributed by atoms with Crippen molar-refractivity contribution in [1.29, 1.82) is 0 Å². The fourth-order valence-corrected chi connectivity index (χ4v) is 4.11. The third kappa shape index (κ3) is 3.64. The molecule has 0 saturated carbocycles. The Morgan fingerprint density at radius 1 is 1.21 bits per heavy atom. The number of hydrogen-bond acceptors (Lipinski definition) is 4. The molecule has 28 heavy (non-hydrogen) atoms. The molecule has 2 aromatic heterocycles. The Bertz CT molecular complexity index is 979. The average Bonchev–Trinajstić information content (AvgIpc) is 3.17. The van der Waals surface area contributed by atoms with Crippen LogP contribution in [-0.4, -0.2) is 37.4 Å². The number of imidazole rings is 1. The highest BCUT2D eigenvalue weighted by Gasteiger charge is 2.41. The van der Waals surface area contributed by atoms with E-state index < -0.39 is 0 Å². The number of nitrogens with one attached hydrogen (secondary N) is 1. The molecule has 1 fully saturated rings.